The number of hydrogen-bond donors (Lipinski definition) is 1. The molecule has 0 heterocycles. The average molecular weight is 245 g/mol. The van der Waals surface area contributed by atoms with E-state index in [4.69, 9.17) is 0 Å². The second kappa shape index (κ2) is 4.42. The smallest absolute Gasteiger partial charge is 0.177 e. The SMILES string of the molecule is CC(C)C(O)S(=O)(=O)CCBr. The van der Waals surface area contributed by atoms with E-state index in [2.05, 4.69) is 15.9 Å². The molecule has 0 fully saturated rings. The Labute approximate surface area is 75.9 Å². The van der Waals surface area contributed by atoms with Crippen molar-refractivity contribution in [3.63, 3.8) is 0 Å². The zero-order chi connectivity index (χ0) is 9.07. The molecular formula is C6H13BrO3S. The molecule has 0 spiro atoms. The van der Waals surface area contributed by atoms with Crippen molar-refractivity contribution in [3.8, 4) is 0 Å². The molecule has 0 radical (unpaired) electrons. The van der Waals surface area contributed by atoms with Crippen LogP contribution in [0.15, 0.2) is 0 Å². The van der Waals surface area contributed by atoms with Crippen LogP contribution in [0.3, 0.4) is 0 Å². The van der Waals surface area contributed by atoms with Gasteiger partial charge in [0.1, 0.15) is 0 Å². The molecule has 68 valence electrons. The molecule has 5 heteroatoms. The molecule has 0 aliphatic heterocycles. The normalized spacial score (nSPS) is 15.4. The van der Waals surface area contributed by atoms with Crippen LogP contribution in [0.4, 0.5) is 0 Å². The number of hydrogen-bond acceptors (Lipinski definition) is 3. The Morgan fingerprint density at radius 1 is 1.45 bits per heavy atom. The Kier molecular flexibility index (Phi) is 4.58. The van der Waals surface area contributed by atoms with Crippen molar-refractivity contribution < 1.29 is 13.5 Å². The molecule has 0 bridgehead atoms. The van der Waals surface area contributed by atoms with Crippen LogP contribution in [0.5, 0.6) is 0 Å². The van der Waals surface area contributed by atoms with Gasteiger partial charge in [0.2, 0.25) is 0 Å². The van der Waals surface area contributed by atoms with E-state index in [1.807, 2.05) is 0 Å². The summed E-state index contributed by atoms with van der Waals surface area (Å²) < 4.78 is 22.2. The first-order valence-electron chi connectivity index (χ1n) is 3.37. The molecule has 0 rings (SSSR count). The molecule has 0 saturated carbocycles. The van der Waals surface area contributed by atoms with E-state index >= 15 is 0 Å². The molecule has 0 aliphatic rings. The number of halogens is 1. The van der Waals surface area contributed by atoms with Crippen LogP contribution < -0.4 is 0 Å². The number of sulfone groups is 1. The van der Waals surface area contributed by atoms with Crippen LogP contribution in [0.2, 0.25) is 0 Å². The second-order valence-corrected chi connectivity index (χ2v) is 5.70. The van der Waals surface area contributed by atoms with Gasteiger partial charge in [-0.2, -0.15) is 0 Å². The monoisotopic (exact) mass is 244 g/mol. The summed E-state index contributed by atoms with van der Waals surface area (Å²) in [5.41, 5.74) is -1.22. The van der Waals surface area contributed by atoms with Crippen molar-refractivity contribution >= 4 is 25.8 Å². The van der Waals surface area contributed by atoms with Crippen molar-refractivity contribution in [1.82, 2.24) is 0 Å². The third-order valence-electron chi connectivity index (χ3n) is 1.30. The van der Waals surface area contributed by atoms with Crippen LogP contribution in [-0.4, -0.2) is 30.0 Å². The molecule has 1 unspecified atom stereocenters. The molecule has 0 aromatic heterocycles. The Balaban J connectivity index is 4.31. The maximum atomic E-state index is 11.1. The highest BCUT2D eigenvalue weighted by atomic mass is 79.9. The van der Waals surface area contributed by atoms with Gasteiger partial charge in [0, 0.05) is 5.33 Å². The maximum absolute atomic E-state index is 11.1. The molecule has 0 aliphatic carbocycles. The summed E-state index contributed by atoms with van der Waals surface area (Å²) in [5.74, 6) is -0.245. The summed E-state index contributed by atoms with van der Waals surface area (Å²) in [6, 6.07) is 0. The highest BCUT2D eigenvalue weighted by Gasteiger charge is 2.24. The average Bonchev–Trinajstić information content (AvgIpc) is 1.86. The topological polar surface area (TPSA) is 54.4 Å². The van der Waals surface area contributed by atoms with Crippen LogP contribution in [-0.2, 0) is 9.84 Å². The molecule has 0 aromatic carbocycles. The standard InChI is InChI=1S/C6H13BrO3S/c1-5(2)6(8)11(9,10)4-3-7/h5-6,8H,3-4H2,1-2H3. The maximum Gasteiger partial charge on any atom is 0.177 e. The summed E-state index contributed by atoms with van der Waals surface area (Å²) in [6.07, 6.45) is 0. The van der Waals surface area contributed by atoms with Crippen LogP contribution in [0, 0.1) is 5.92 Å². The summed E-state index contributed by atoms with van der Waals surface area (Å²) in [6.45, 7) is 3.35. The van der Waals surface area contributed by atoms with Gasteiger partial charge >= 0.3 is 0 Å². The highest BCUT2D eigenvalue weighted by Crippen LogP contribution is 2.10. The van der Waals surface area contributed by atoms with Gasteiger partial charge in [-0.1, -0.05) is 29.8 Å². The number of alkyl halides is 1. The van der Waals surface area contributed by atoms with E-state index in [-0.39, 0.29) is 11.7 Å². The molecule has 11 heavy (non-hydrogen) atoms. The van der Waals surface area contributed by atoms with Crippen molar-refractivity contribution in [3.05, 3.63) is 0 Å². The summed E-state index contributed by atoms with van der Waals surface area (Å²) >= 11 is 3.01. The lowest BCUT2D eigenvalue weighted by molar-refractivity contribution is 0.199. The third-order valence-corrected chi connectivity index (χ3v) is 4.27. The zero-order valence-corrected chi connectivity index (χ0v) is 9.02. The predicted octanol–water partition coefficient (Wildman–Crippen LogP) is 0.771. The van der Waals surface area contributed by atoms with E-state index in [1.165, 1.54) is 0 Å². The van der Waals surface area contributed by atoms with Gasteiger partial charge in [0.25, 0.3) is 0 Å². The van der Waals surface area contributed by atoms with Gasteiger partial charge in [-0.15, -0.1) is 0 Å². The Hall–Kier alpha value is 0.390. The minimum Gasteiger partial charge on any atom is -0.377 e. The lowest BCUT2D eigenvalue weighted by Crippen LogP contribution is -2.29. The molecule has 1 atom stereocenters. The third kappa shape index (κ3) is 3.53. The fraction of sp³-hybridized carbons (Fsp3) is 1.00. The summed E-state index contributed by atoms with van der Waals surface area (Å²) in [4.78, 5) is 0. The predicted molar refractivity (Wildman–Crippen MR) is 48.4 cm³/mol. The first-order chi connectivity index (χ1) is 4.91. The van der Waals surface area contributed by atoms with Gasteiger partial charge in [-0.25, -0.2) is 8.42 Å². The lowest BCUT2D eigenvalue weighted by atomic mass is 10.2. The molecule has 0 saturated heterocycles. The van der Waals surface area contributed by atoms with Crippen LogP contribution >= 0.6 is 15.9 Å². The lowest BCUT2D eigenvalue weighted by Gasteiger charge is -2.13. The molecule has 0 amide bonds. The van der Waals surface area contributed by atoms with E-state index in [0.717, 1.165) is 0 Å². The van der Waals surface area contributed by atoms with Crippen molar-refractivity contribution in [1.29, 1.82) is 0 Å². The number of aliphatic hydroxyl groups excluding tert-OH is 1. The van der Waals surface area contributed by atoms with E-state index in [0.29, 0.717) is 5.33 Å². The van der Waals surface area contributed by atoms with E-state index in [9.17, 15) is 13.5 Å². The van der Waals surface area contributed by atoms with Gasteiger partial charge in [-0.3, -0.25) is 0 Å². The largest absolute Gasteiger partial charge is 0.377 e. The molecular weight excluding hydrogens is 232 g/mol. The van der Waals surface area contributed by atoms with Crippen LogP contribution in [0.1, 0.15) is 13.8 Å². The minimum atomic E-state index is -3.30. The van der Waals surface area contributed by atoms with E-state index in [1.54, 1.807) is 13.8 Å². The molecule has 1 N–H and O–H groups in total. The van der Waals surface area contributed by atoms with E-state index < -0.39 is 15.3 Å². The first kappa shape index (κ1) is 11.4. The quantitative estimate of drug-likeness (QED) is 0.744. The Bertz CT molecular complexity index is 198. The molecule has 0 aromatic rings. The van der Waals surface area contributed by atoms with Crippen molar-refractivity contribution in [2.75, 3.05) is 11.1 Å². The Morgan fingerprint density at radius 2 is 1.91 bits per heavy atom. The fourth-order valence-corrected chi connectivity index (χ4v) is 3.28. The van der Waals surface area contributed by atoms with Crippen molar-refractivity contribution in [2.45, 2.75) is 19.3 Å². The second-order valence-electron chi connectivity index (χ2n) is 2.69. The molecule has 3 nitrogen and oxygen atoms in total. The highest BCUT2D eigenvalue weighted by molar-refractivity contribution is 9.09. The summed E-state index contributed by atoms with van der Waals surface area (Å²) in [7, 11) is -3.30. The van der Waals surface area contributed by atoms with Gasteiger partial charge in [0.15, 0.2) is 15.3 Å². The summed E-state index contributed by atoms with van der Waals surface area (Å²) in [5, 5.41) is 9.55. The number of aliphatic hydroxyl groups is 1. The zero-order valence-electron chi connectivity index (χ0n) is 6.62. The van der Waals surface area contributed by atoms with Crippen molar-refractivity contribution in [2.24, 2.45) is 5.92 Å². The number of rotatable bonds is 4. The first-order valence-corrected chi connectivity index (χ1v) is 6.21. The fourth-order valence-electron chi connectivity index (χ4n) is 0.643. The van der Waals surface area contributed by atoms with Gasteiger partial charge < -0.3 is 5.11 Å². The van der Waals surface area contributed by atoms with Gasteiger partial charge in [-0.05, 0) is 5.92 Å². The minimum absolute atomic E-state index is 0.00759. The van der Waals surface area contributed by atoms with Crippen LogP contribution in [0.25, 0.3) is 0 Å². The Morgan fingerprint density at radius 3 is 2.18 bits per heavy atom. The van der Waals surface area contributed by atoms with Gasteiger partial charge in [0.05, 0.1) is 5.75 Å².